The third-order valence-corrected chi connectivity index (χ3v) is 6.58. The lowest BCUT2D eigenvalue weighted by Crippen LogP contribution is -2.42. The number of anilines is 1. The van der Waals surface area contributed by atoms with Crippen LogP contribution in [0.5, 0.6) is 0 Å². The van der Waals surface area contributed by atoms with Crippen molar-refractivity contribution in [3.63, 3.8) is 0 Å². The molecule has 1 fully saturated rings. The average molecular weight is 421 g/mol. The van der Waals surface area contributed by atoms with Crippen LogP contribution >= 0.6 is 0 Å². The fourth-order valence-corrected chi connectivity index (χ4v) is 4.42. The summed E-state index contributed by atoms with van der Waals surface area (Å²) >= 11 is 0. The highest BCUT2D eigenvalue weighted by Gasteiger charge is 2.38. The van der Waals surface area contributed by atoms with Gasteiger partial charge in [-0.1, -0.05) is 37.3 Å². The van der Waals surface area contributed by atoms with Gasteiger partial charge in [-0.15, -0.1) is 0 Å². The molecule has 0 amide bonds. The molecule has 1 saturated carbocycles. The molecule has 1 atom stereocenters. The van der Waals surface area contributed by atoms with Crippen molar-refractivity contribution in [2.24, 2.45) is 11.8 Å². The Morgan fingerprint density at radius 3 is 2.74 bits per heavy atom. The van der Waals surface area contributed by atoms with E-state index >= 15 is 0 Å². The molecule has 31 heavy (non-hydrogen) atoms. The molecule has 1 aliphatic carbocycles. The maximum atomic E-state index is 12.6. The van der Waals surface area contributed by atoms with Crippen molar-refractivity contribution >= 4 is 22.5 Å². The number of nitrogens with zero attached hydrogens (tertiary/aromatic N) is 2. The van der Waals surface area contributed by atoms with Crippen LogP contribution in [0.4, 0.5) is 5.82 Å². The lowest BCUT2D eigenvalue weighted by molar-refractivity contribution is -0.118. The Hall–Kier alpha value is -2.73. The van der Waals surface area contributed by atoms with Crippen molar-refractivity contribution in [3.05, 3.63) is 53.9 Å². The van der Waals surface area contributed by atoms with E-state index in [4.69, 9.17) is 0 Å². The van der Waals surface area contributed by atoms with Gasteiger partial charge in [-0.3, -0.25) is 14.9 Å². The lowest BCUT2D eigenvalue weighted by atomic mass is 9.67. The van der Waals surface area contributed by atoms with Gasteiger partial charge in [0, 0.05) is 31.3 Å². The molecule has 6 heteroatoms. The molecule has 4 rings (SSSR count). The smallest absolute Gasteiger partial charge is 0.157 e. The number of hydrogen-bond donors (Lipinski definition) is 3. The minimum Gasteiger partial charge on any atom is -0.390 e. The highest BCUT2D eigenvalue weighted by Crippen LogP contribution is 2.40. The van der Waals surface area contributed by atoms with Gasteiger partial charge in [0.25, 0.3) is 0 Å². The molecule has 0 saturated heterocycles. The number of H-pyrrole nitrogens is 1. The Morgan fingerprint density at radius 2 is 2.03 bits per heavy atom. The number of fused-ring (bicyclic) bond motifs is 1. The topological polar surface area (TPSA) is 90.9 Å². The first-order valence-corrected chi connectivity index (χ1v) is 11.2. The molecule has 3 N–H and O–H groups in total. The Bertz CT molecular complexity index is 1030. The lowest BCUT2D eigenvalue weighted by Gasteiger charge is -2.42. The fourth-order valence-electron chi connectivity index (χ4n) is 4.42. The van der Waals surface area contributed by atoms with Crippen LogP contribution in [0.25, 0.3) is 10.9 Å². The number of nitrogens with one attached hydrogen (secondary N) is 2. The molecule has 2 heterocycles. The number of Topliss-reactive ketones (excluding diaryl/α,β-unsaturated/α-hetero) is 1. The monoisotopic (exact) mass is 420 g/mol. The van der Waals surface area contributed by atoms with Crippen LogP contribution < -0.4 is 5.32 Å². The van der Waals surface area contributed by atoms with E-state index in [0.29, 0.717) is 24.7 Å². The van der Waals surface area contributed by atoms with Crippen molar-refractivity contribution in [3.8, 4) is 0 Å². The van der Waals surface area contributed by atoms with Crippen molar-refractivity contribution < 1.29 is 9.90 Å². The summed E-state index contributed by atoms with van der Waals surface area (Å²) in [5, 5.41) is 21.9. The number of benzene rings is 1. The molecule has 3 aromatic rings. The first-order chi connectivity index (χ1) is 14.8. The maximum absolute atomic E-state index is 12.6. The van der Waals surface area contributed by atoms with Crippen molar-refractivity contribution in [2.75, 3.05) is 11.9 Å². The SMILES string of the molecule is C[C@@H](CC(=O)Cc1cc2[nH]nc(NCC3CC(C(C)(C)O)C3)c2cn1)c1ccccc1. The van der Waals surface area contributed by atoms with Crippen molar-refractivity contribution in [2.45, 2.75) is 58.0 Å². The van der Waals surface area contributed by atoms with Crippen LogP contribution in [-0.4, -0.2) is 38.2 Å². The summed E-state index contributed by atoms with van der Waals surface area (Å²) in [6.45, 7) is 6.70. The number of carbonyl (C=O) groups excluding carboxylic acids is 1. The second-order valence-electron chi connectivity index (χ2n) is 9.59. The van der Waals surface area contributed by atoms with E-state index in [0.717, 1.165) is 41.8 Å². The first-order valence-electron chi connectivity index (χ1n) is 11.2. The van der Waals surface area contributed by atoms with Gasteiger partial charge in [0.2, 0.25) is 0 Å². The summed E-state index contributed by atoms with van der Waals surface area (Å²) < 4.78 is 0. The Kier molecular flexibility index (Phi) is 6.10. The van der Waals surface area contributed by atoms with E-state index in [9.17, 15) is 9.90 Å². The zero-order chi connectivity index (χ0) is 22.0. The zero-order valence-corrected chi connectivity index (χ0v) is 18.6. The van der Waals surface area contributed by atoms with E-state index < -0.39 is 5.60 Å². The largest absolute Gasteiger partial charge is 0.390 e. The third kappa shape index (κ3) is 5.13. The first kappa shape index (κ1) is 21.5. The standard InChI is InChI=1S/C25H32N4O2/c1-16(18-7-5-4-6-8-18)9-21(30)12-20-13-23-22(15-26-20)24(29-28-23)27-14-17-10-19(11-17)25(2,3)31/h4-8,13,15-17,19,31H,9-12,14H2,1-3H3,(H2,27,28,29)/t16-,17?,19?/m0/s1. The number of aliphatic hydroxyl groups is 1. The molecular formula is C25H32N4O2. The van der Waals surface area contributed by atoms with E-state index in [-0.39, 0.29) is 11.7 Å². The van der Waals surface area contributed by atoms with Gasteiger partial charge < -0.3 is 10.4 Å². The van der Waals surface area contributed by atoms with Gasteiger partial charge in [-0.05, 0) is 56.1 Å². The highest BCUT2D eigenvalue weighted by molar-refractivity contribution is 5.90. The van der Waals surface area contributed by atoms with E-state index in [1.807, 2.05) is 38.1 Å². The summed E-state index contributed by atoms with van der Waals surface area (Å²) in [7, 11) is 0. The molecule has 6 nitrogen and oxygen atoms in total. The average Bonchev–Trinajstić information content (AvgIpc) is 3.08. The van der Waals surface area contributed by atoms with Gasteiger partial charge in [0.15, 0.2) is 5.82 Å². The van der Waals surface area contributed by atoms with Gasteiger partial charge >= 0.3 is 0 Å². The Morgan fingerprint density at radius 1 is 1.29 bits per heavy atom. The van der Waals surface area contributed by atoms with E-state index in [1.165, 1.54) is 5.56 Å². The Labute approximate surface area is 183 Å². The molecule has 0 aliphatic heterocycles. The summed E-state index contributed by atoms with van der Waals surface area (Å²) in [6.07, 6.45) is 4.70. The number of aromatic nitrogens is 3. The second-order valence-corrected chi connectivity index (χ2v) is 9.59. The van der Waals surface area contributed by atoms with Crippen LogP contribution in [0.2, 0.25) is 0 Å². The number of pyridine rings is 1. The molecule has 0 bridgehead atoms. The van der Waals surface area contributed by atoms with Crippen LogP contribution in [0.15, 0.2) is 42.6 Å². The predicted octanol–water partition coefficient (Wildman–Crippen LogP) is 4.47. The zero-order valence-electron chi connectivity index (χ0n) is 18.6. The van der Waals surface area contributed by atoms with Gasteiger partial charge in [0.1, 0.15) is 5.78 Å². The molecule has 0 unspecified atom stereocenters. The van der Waals surface area contributed by atoms with Gasteiger partial charge in [0.05, 0.1) is 16.5 Å². The summed E-state index contributed by atoms with van der Waals surface area (Å²) in [4.78, 5) is 17.1. The maximum Gasteiger partial charge on any atom is 0.157 e. The fraction of sp³-hybridized carbons (Fsp3) is 0.480. The second kappa shape index (κ2) is 8.79. The summed E-state index contributed by atoms with van der Waals surface area (Å²) in [5.74, 6) is 2.11. The quantitative estimate of drug-likeness (QED) is 0.475. The van der Waals surface area contributed by atoms with Crippen molar-refractivity contribution in [1.82, 2.24) is 15.2 Å². The summed E-state index contributed by atoms with van der Waals surface area (Å²) in [5.41, 5.74) is 2.25. The number of hydrogen-bond acceptors (Lipinski definition) is 5. The van der Waals surface area contributed by atoms with Crippen LogP contribution in [-0.2, 0) is 11.2 Å². The van der Waals surface area contributed by atoms with Crippen molar-refractivity contribution in [1.29, 1.82) is 0 Å². The normalized spacial score (nSPS) is 19.7. The number of rotatable bonds is 9. The van der Waals surface area contributed by atoms with E-state index in [2.05, 4.69) is 39.6 Å². The molecule has 164 valence electrons. The molecular weight excluding hydrogens is 388 g/mol. The minimum absolute atomic E-state index is 0.187. The predicted molar refractivity (Wildman–Crippen MR) is 123 cm³/mol. The number of carbonyl (C=O) groups is 1. The van der Waals surface area contributed by atoms with Gasteiger partial charge in [-0.2, -0.15) is 5.10 Å². The minimum atomic E-state index is -0.591. The molecule has 2 aromatic heterocycles. The van der Waals surface area contributed by atoms with Gasteiger partial charge in [-0.25, -0.2) is 0 Å². The molecule has 0 radical (unpaired) electrons. The molecule has 1 aromatic carbocycles. The highest BCUT2D eigenvalue weighted by atomic mass is 16.3. The Balaban J connectivity index is 1.32. The number of ketones is 1. The van der Waals surface area contributed by atoms with Crippen LogP contribution in [0, 0.1) is 11.8 Å². The molecule has 1 aliphatic rings. The van der Waals surface area contributed by atoms with Crippen LogP contribution in [0.3, 0.4) is 0 Å². The number of aromatic amines is 1. The summed E-state index contributed by atoms with van der Waals surface area (Å²) in [6, 6.07) is 12.1. The van der Waals surface area contributed by atoms with Crippen LogP contribution in [0.1, 0.15) is 57.2 Å². The molecule has 0 spiro atoms. The third-order valence-electron chi connectivity index (χ3n) is 6.58. The van der Waals surface area contributed by atoms with E-state index in [1.54, 1.807) is 6.20 Å².